The molecule has 1 N–H and O–H groups in total. The number of hydrogen-bond donors (Lipinski definition) is 1. The normalized spacial score (nSPS) is 10.1. The van der Waals surface area contributed by atoms with Crippen molar-refractivity contribution in [1.29, 1.82) is 5.26 Å². The predicted octanol–water partition coefficient (Wildman–Crippen LogP) is 1.11. The maximum Gasteiger partial charge on any atom is 0.221 e. The van der Waals surface area contributed by atoms with Gasteiger partial charge in [-0.25, -0.2) is 0 Å². The van der Waals surface area contributed by atoms with Crippen LogP contribution in [0.3, 0.4) is 0 Å². The third kappa shape index (κ3) is 4.91. The zero-order chi connectivity index (χ0) is 8.85. The van der Waals surface area contributed by atoms with E-state index in [1.807, 2.05) is 6.07 Å². The van der Waals surface area contributed by atoms with Crippen molar-refractivity contribution in [3.63, 3.8) is 0 Å². The van der Waals surface area contributed by atoms with Gasteiger partial charge in [0.2, 0.25) is 5.91 Å². The maximum atomic E-state index is 10.5. The van der Waals surface area contributed by atoms with E-state index in [4.69, 9.17) is 5.26 Å². The summed E-state index contributed by atoms with van der Waals surface area (Å²) in [4.78, 5) is 10.5. The van der Waals surface area contributed by atoms with E-state index in [1.165, 1.54) is 13.0 Å². The Labute approximate surface area is 66.0 Å². The molecule has 0 saturated heterocycles. The van der Waals surface area contributed by atoms with Crippen molar-refractivity contribution in [2.45, 2.75) is 13.8 Å². The van der Waals surface area contributed by atoms with Crippen LogP contribution in [0.5, 0.6) is 0 Å². The molecule has 0 rings (SSSR count). The molecule has 0 unspecified atom stereocenters. The van der Waals surface area contributed by atoms with Crippen LogP contribution in [0, 0.1) is 11.3 Å². The first kappa shape index (κ1) is 9.44. The molecule has 0 aliphatic rings. The van der Waals surface area contributed by atoms with Gasteiger partial charge in [0.15, 0.2) is 0 Å². The molecule has 0 heterocycles. The lowest BCUT2D eigenvalue weighted by molar-refractivity contribution is -0.118. The largest absolute Gasteiger partial charge is 0.318 e. The highest BCUT2D eigenvalue weighted by Gasteiger charge is 1.95. The first-order chi connectivity index (χ1) is 5.06. The average molecular weight is 150 g/mol. The van der Waals surface area contributed by atoms with Crippen LogP contribution in [0.4, 0.5) is 0 Å². The smallest absolute Gasteiger partial charge is 0.221 e. The van der Waals surface area contributed by atoms with Gasteiger partial charge in [0, 0.05) is 6.92 Å². The highest BCUT2D eigenvalue weighted by Crippen LogP contribution is 1.94. The molecule has 1 amide bonds. The number of carbonyl (C=O) groups is 1. The van der Waals surface area contributed by atoms with Crippen molar-refractivity contribution in [2.75, 3.05) is 0 Å². The fourth-order valence-corrected chi connectivity index (χ4v) is 0.532. The molecular weight excluding hydrogens is 140 g/mol. The molecule has 0 spiro atoms. The quantitative estimate of drug-likeness (QED) is 0.473. The van der Waals surface area contributed by atoms with Crippen molar-refractivity contribution in [3.05, 3.63) is 23.9 Å². The van der Waals surface area contributed by atoms with Gasteiger partial charge in [0.25, 0.3) is 0 Å². The molecule has 11 heavy (non-hydrogen) atoms. The second kappa shape index (κ2) is 4.29. The summed E-state index contributed by atoms with van der Waals surface area (Å²) >= 11 is 0. The summed E-state index contributed by atoms with van der Waals surface area (Å²) in [7, 11) is 0. The third-order valence-corrected chi connectivity index (χ3v) is 0.822. The average Bonchev–Trinajstić information content (AvgIpc) is 1.84. The van der Waals surface area contributed by atoms with Gasteiger partial charge in [-0.3, -0.25) is 4.79 Å². The minimum absolute atomic E-state index is 0.227. The topological polar surface area (TPSA) is 52.9 Å². The highest BCUT2D eigenvalue weighted by molar-refractivity contribution is 5.75. The van der Waals surface area contributed by atoms with Gasteiger partial charge in [-0.2, -0.15) is 5.26 Å². The lowest BCUT2D eigenvalue weighted by atomic mass is 10.3. The Morgan fingerprint density at radius 1 is 1.64 bits per heavy atom. The summed E-state index contributed by atoms with van der Waals surface area (Å²) in [5.41, 5.74) is 0.959. The number of allylic oxidation sites excluding steroid dienone is 3. The van der Waals surface area contributed by atoms with Gasteiger partial charge in [-0.05, 0) is 13.0 Å². The van der Waals surface area contributed by atoms with Crippen LogP contribution in [0.2, 0.25) is 0 Å². The van der Waals surface area contributed by atoms with E-state index in [9.17, 15) is 4.79 Å². The Hall–Kier alpha value is -1.56. The maximum absolute atomic E-state index is 10.5. The van der Waals surface area contributed by atoms with Gasteiger partial charge >= 0.3 is 0 Å². The summed E-state index contributed by atoms with van der Waals surface area (Å²) in [5.74, 6) is -0.251. The molecule has 0 aromatic heterocycles. The van der Waals surface area contributed by atoms with Crippen LogP contribution >= 0.6 is 0 Å². The second-order valence-electron chi connectivity index (χ2n) is 2.20. The molecule has 0 aromatic carbocycles. The first-order valence-electron chi connectivity index (χ1n) is 3.11. The Bertz CT molecular complexity index is 245. The fraction of sp³-hybridized carbons (Fsp3) is 0.250. The summed E-state index contributed by atoms with van der Waals surface area (Å²) in [6.45, 7) is 6.67. The molecule has 0 saturated carbocycles. The van der Waals surface area contributed by atoms with Gasteiger partial charge in [-0.15, -0.1) is 0 Å². The van der Waals surface area contributed by atoms with Gasteiger partial charge in [0.1, 0.15) is 11.8 Å². The lowest BCUT2D eigenvalue weighted by Crippen LogP contribution is -2.17. The Kier molecular flexibility index (Phi) is 3.68. The number of nitrogens with zero attached hydrogens (tertiary/aromatic N) is 1. The van der Waals surface area contributed by atoms with Gasteiger partial charge in [0.05, 0.1) is 0 Å². The zero-order valence-electron chi connectivity index (χ0n) is 6.64. The van der Waals surface area contributed by atoms with Gasteiger partial charge < -0.3 is 5.32 Å². The summed E-state index contributed by atoms with van der Waals surface area (Å²) in [5, 5.41) is 10.8. The molecular formula is C8H10N2O. The molecule has 0 radical (unpaired) electrons. The van der Waals surface area contributed by atoms with Crippen LogP contribution in [0.25, 0.3) is 0 Å². The second-order valence-corrected chi connectivity index (χ2v) is 2.20. The first-order valence-corrected chi connectivity index (χ1v) is 3.11. The van der Waals surface area contributed by atoms with Crippen molar-refractivity contribution in [1.82, 2.24) is 5.32 Å². The van der Waals surface area contributed by atoms with E-state index >= 15 is 0 Å². The summed E-state index contributed by atoms with van der Waals surface area (Å²) < 4.78 is 0. The molecule has 0 fully saturated rings. The van der Waals surface area contributed by atoms with E-state index in [1.54, 1.807) is 6.92 Å². The van der Waals surface area contributed by atoms with Gasteiger partial charge in [-0.1, -0.05) is 12.2 Å². The van der Waals surface area contributed by atoms with Crippen LogP contribution < -0.4 is 5.32 Å². The number of carbonyl (C=O) groups excluding carboxylic acids is 1. The SMILES string of the molecule is C=C(C)/C=C(\C#N)NC(C)=O. The summed E-state index contributed by atoms with van der Waals surface area (Å²) in [6, 6.07) is 1.83. The zero-order valence-corrected chi connectivity index (χ0v) is 6.64. The Morgan fingerprint density at radius 2 is 2.18 bits per heavy atom. The van der Waals surface area contributed by atoms with Crippen LogP contribution in [-0.2, 0) is 4.79 Å². The molecule has 3 heteroatoms. The molecule has 0 bridgehead atoms. The van der Waals surface area contributed by atoms with Crippen LogP contribution in [-0.4, -0.2) is 5.91 Å². The van der Waals surface area contributed by atoms with Crippen molar-refractivity contribution in [2.24, 2.45) is 0 Å². The van der Waals surface area contributed by atoms with Crippen LogP contribution in [0.15, 0.2) is 23.9 Å². The minimum atomic E-state index is -0.251. The predicted molar refractivity (Wildman–Crippen MR) is 42.3 cm³/mol. The van der Waals surface area contributed by atoms with Crippen molar-refractivity contribution < 1.29 is 4.79 Å². The van der Waals surface area contributed by atoms with E-state index in [0.717, 1.165) is 5.57 Å². The molecule has 0 aromatic rings. The number of nitriles is 1. The standard InChI is InChI=1S/C8H10N2O/c1-6(2)4-8(5-9)10-7(3)11/h4H,1H2,2-3H3,(H,10,11)/b8-4+. The molecule has 3 nitrogen and oxygen atoms in total. The monoisotopic (exact) mass is 150 g/mol. The fourth-order valence-electron chi connectivity index (χ4n) is 0.532. The highest BCUT2D eigenvalue weighted by atomic mass is 16.1. The molecule has 0 aliphatic carbocycles. The number of hydrogen-bond acceptors (Lipinski definition) is 2. The third-order valence-electron chi connectivity index (χ3n) is 0.822. The van der Waals surface area contributed by atoms with Crippen LogP contribution in [0.1, 0.15) is 13.8 Å². The Balaban J connectivity index is 4.32. The lowest BCUT2D eigenvalue weighted by Gasteiger charge is -1.96. The summed E-state index contributed by atoms with van der Waals surface area (Å²) in [6.07, 6.45) is 1.52. The number of rotatable bonds is 2. The van der Waals surface area contributed by atoms with Crippen molar-refractivity contribution >= 4 is 5.91 Å². The minimum Gasteiger partial charge on any atom is -0.318 e. The molecule has 0 atom stereocenters. The molecule has 58 valence electrons. The van der Waals surface area contributed by atoms with Crippen molar-refractivity contribution in [3.8, 4) is 6.07 Å². The van der Waals surface area contributed by atoms with E-state index in [0.29, 0.717) is 0 Å². The van der Waals surface area contributed by atoms with E-state index in [-0.39, 0.29) is 11.6 Å². The van der Waals surface area contributed by atoms with E-state index < -0.39 is 0 Å². The van der Waals surface area contributed by atoms with E-state index in [2.05, 4.69) is 11.9 Å². The number of amides is 1. The number of nitrogens with one attached hydrogen (secondary N) is 1. The Morgan fingerprint density at radius 3 is 2.45 bits per heavy atom. The molecule has 0 aliphatic heterocycles.